The smallest absolute Gasteiger partial charge is 0.345 e. The van der Waals surface area contributed by atoms with E-state index in [1.165, 1.54) is 6.20 Å². The number of aromatic nitrogens is 4. The average Bonchev–Trinajstić information content (AvgIpc) is 3.17. The molecule has 1 amide bonds. The standard InChI is InChI=1S/C18H14F3N5O/c19-18(20,21)10-26-15(24-16(25-26)11-4-3-7-22-9-11)8-14-12-5-1-2-6-13(12)17(27)23-14/h1-7,9,14H,8,10H2,(H,23,27)/t14-/m1/s1. The van der Waals surface area contributed by atoms with Gasteiger partial charge in [0.15, 0.2) is 5.82 Å². The van der Waals surface area contributed by atoms with Gasteiger partial charge in [-0.1, -0.05) is 18.2 Å². The Labute approximate surface area is 152 Å². The SMILES string of the molecule is O=C1N[C@H](Cc2nc(-c3cccnc3)nn2CC(F)(F)F)c2ccccc21. The summed E-state index contributed by atoms with van der Waals surface area (Å²) in [6, 6.07) is 9.88. The second-order valence-corrected chi connectivity index (χ2v) is 6.18. The molecule has 0 radical (unpaired) electrons. The maximum Gasteiger partial charge on any atom is 0.408 e. The van der Waals surface area contributed by atoms with Crippen molar-refractivity contribution in [3.8, 4) is 11.4 Å². The highest BCUT2D eigenvalue weighted by molar-refractivity contribution is 5.99. The molecule has 2 aromatic heterocycles. The third kappa shape index (κ3) is 3.53. The Morgan fingerprint density at radius 2 is 1.96 bits per heavy atom. The summed E-state index contributed by atoms with van der Waals surface area (Å²) >= 11 is 0. The Balaban J connectivity index is 1.69. The lowest BCUT2D eigenvalue weighted by Gasteiger charge is -2.13. The van der Waals surface area contributed by atoms with Crippen molar-refractivity contribution >= 4 is 5.91 Å². The number of carbonyl (C=O) groups is 1. The summed E-state index contributed by atoms with van der Waals surface area (Å²) in [5.41, 5.74) is 1.79. The Hall–Kier alpha value is -3.23. The van der Waals surface area contributed by atoms with Gasteiger partial charge in [0.2, 0.25) is 0 Å². The number of hydrogen-bond acceptors (Lipinski definition) is 4. The van der Waals surface area contributed by atoms with Crippen molar-refractivity contribution in [2.75, 3.05) is 0 Å². The normalized spacial score (nSPS) is 16.3. The quantitative estimate of drug-likeness (QED) is 0.763. The van der Waals surface area contributed by atoms with Crippen molar-refractivity contribution in [3.63, 3.8) is 0 Å². The molecular weight excluding hydrogens is 359 g/mol. The Bertz CT molecular complexity index is 984. The summed E-state index contributed by atoms with van der Waals surface area (Å²) in [4.78, 5) is 20.3. The topological polar surface area (TPSA) is 72.7 Å². The molecule has 0 spiro atoms. The number of nitrogens with one attached hydrogen (secondary N) is 1. The molecule has 0 unspecified atom stereocenters. The number of rotatable bonds is 4. The van der Waals surface area contributed by atoms with Gasteiger partial charge < -0.3 is 5.32 Å². The highest BCUT2D eigenvalue weighted by Gasteiger charge is 2.33. The molecule has 0 fully saturated rings. The highest BCUT2D eigenvalue weighted by atomic mass is 19.4. The molecule has 1 aliphatic rings. The number of halogens is 3. The molecule has 1 atom stereocenters. The molecule has 3 aromatic rings. The number of alkyl halides is 3. The largest absolute Gasteiger partial charge is 0.408 e. The van der Waals surface area contributed by atoms with Crippen LogP contribution in [0.15, 0.2) is 48.8 Å². The molecule has 9 heteroatoms. The van der Waals surface area contributed by atoms with Crippen LogP contribution in [0.1, 0.15) is 27.8 Å². The number of nitrogens with zero attached hydrogens (tertiary/aromatic N) is 4. The molecule has 1 aromatic carbocycles. The Morgan fingerprint density at radius 1 is 1.15 bits per heavy atom. The highest BCUT2D eigenvalue weighted by Crippen LogP contribution is 2.29. The zero-order valence-corrected chi connectivity index (χ0v) is 13.9. The van der Waals surface area contributed by atoms with Crippen LogP contribution in [0.2, 0.25) is 0 Å². The fourth-order valence-electron chi connectivity index (χ4n) is 3.10. The lowest BCUT2D eigenvalue weighted by Crippen LogP contribution is -2.25. The second kappa shape index (κ2) is 6.49. The molecule has 4 rings (SSSR count). The third-order valence-electron chi connectivity index (χ3n) is 4.27. The van der Waals surface area contributed by atoms with E-state index in [2.05, 4.69) is 20.4 Å². The lowest BCUT2D eigenvalue weighted by molar-refractivity contribution is -0.143. The molecule has 0 saturated heterocycles. The van der Waals surface area contributed by atoms with Gasteiger partial charge >= 0.3 is 6.18 Å². The summed E-state index contributed by atoms with van der Waals surface area (Å²) in [7, 11) is 0. The molecule has 0 aliphatic carbocycles. The van der Waals surface area contributed by atoms with Crippen LogP contribution in [0.25, 0.3) is 11.4 Å². The van der Waals surface area contributed by atoms with Gasteiger partial charge in [-0.05, 0) is 23.8 Å². The first-order valence-corrected chi connectivity index (χ1v) is 8.21. The zero-order chi connectivity index (χ0) is 19.0. The molecule has 27 heavy (non-hydrogen) atoms. The zero-order valence-electron chi connectivity index (χ0n) is 13.9. The molecule has 1 N–H and O–H groups in total. The van der Waals surface area contributed by atoms with Crippen LogP contribution in [-0.2, 0) is 13.0 Å². The van der Waals surface area contributed by atoms with Crippen molar-refractivity contribution in [3.05, 3.63) is 65.7 Å². The van der Waals surface area contributed by atoms with Gasteiger partial charge in [0.25, 0.3) is 5.91 Å². The van der Waals surface area contributed by atoms with E-state index in [0.717, 1.165) is 10.2 Å². The van der Waals surface area contributed by atoms with Crippen molar-refractivity contribution in [1.82, 2.24) is 25.1 Å². The first-order valence-electron chi connectivity index (χ1n) is 8.21. The average molecular weight is 373 g/mol. The van der Waals surface area contributed by atoms with E-state index >= 15 is 0 Å². The van der Waals surface area contributed by atoms with Gasteiger partial charge in [-0.15, -0.1) is 0 Å². The molecular formula is C18H14F3N5O. The van der Waals surface area contributed by atoms with E-state index in [9.17, 15) is 18.0 Å². The van der Waals surface area contributed by atoms with Crippen LogP contribution in [-0.4, -0.2) is 31.8 Å². The molecule has 1 aliphatic heterocycles. The van der Waals surface area contributed by atoms with Crippen molar-refractivity contribution in [1.29, 1.82) is 0 Å². The molecule has 0 bridgehead atoms. The predicted molar refractivity (Wildman–Crippen MR) is 89.7 cm³/mol. The van der Waals surface area contributed by atoms with Crippen molar-refractivity contribution in [2.45, 2.75) is 25.2 Å². The maximum absolute atomic E-state index is 13.0. The van der Waals surface area contributed by atoms with Crippen LogP contribution in [0.4, 0.5) is 13.2 Å². The van der Waals surface area contributed by atoms with Crippen LogP contribution >= 0.6 is 0 Å². The minimum atomic E-state index is -4.44. The van der Waals surface area contributed by atoms with Gasteiger partial charge in [-0.25, -0.2) is 9.67 Å². The van der Waals surface area contributed by atoms with E-state index in [0.29, 0.717) is 11.1 Å². The first-order chi connectivity index (χ1) is 12.9. The van der Waals surface area contributed by atoms with Crippen LogP contribution in [0, 0.1) is 0 Å². The minimum absolute atomic E-state index is 0.103. The summed E-state index contributed by atoms with van der Waals surface area (Å²) in [5.74, 6) is 0.0677. The van der Waals surface area contributed by atoms with Gasteiger partial charge in [-0.3, -0.25) is 9.78 Å². The first kappa shape index (κ1) is 17.2. The van der Waals surface area contributed by atoms with Gasteiger partial charge in [0, 0.05) is 29.9 Å². The Morgan fingerprint density at radius 3 is 2.70 bits per heavy atom. The number of benzene rings is 1. The monoisotopic (exact) mass is 373 g/mol. The van der Waals surface area contributed by atoms with Crippen LogP contribution in [0.5, 0.6) is 0 Å². The lowest BCUT2D eigenvalue weighted by atomic mass is 10.0. The molecule has 3 heterocycles. The fourth-order valence-corrected chi connectivity index (χ4v) is 3.10. The van der Waals surface area contributed by atoms with E-state index in [4.69, 9.17) is 0 Å². The van der Waals surface area contributed by atoms with E-state index < -0.39 is 18.8 Å². The number of amides is 1. The third-order valence-corrected chi connectivity index (χ3v) is 4.27. The summed E-state index contributed by atoms with van der Waals surface area (Å²) in [6.45, 7) is -1.25. The van der Waals surface area contributed by atoms with E-state index in [-0.39, 0.29) is 24.0 Å². The minimum Gasteiger partial charge on any atom is -0.345 e. The van der Waals surface area contributed by atoms with Crippen molar-refractivity contribution < 1.29 is 18.0 Å². The van der Waals surface area contributed by atoms with Crippen LogP contribution in [0.3, 0.4) is 0 Å². The van der Waals surface area contributed by atoms with Gasteiger partial charge in [0.05, 0.1) is 6.04 Å². The summed E-state index contributed by atoms with van der Waals surface area (Å²) in [6.07, 6.45) is -1.29. The Kier molecular flexibility index (Phi) is 4.14. The van der Waals surface area contributed by atoms with E-state index in [1.54, 1.807) is 42.6 Å². The number of hydrogen-bond donors (Lipinski definition) is 1. The van der Waals surface area contributed by atoms with Crippen molar-refractivity contribution in [2.24, 2.45) is 0 Å². The maximum atomic E-state index is 13.0. The van der Waals surface area contributed by atoms with Gasteiger partial charge in [-0.2, -0.15) is 18.3 Å². The summed E-state index contributed by atoms with van der Waals surface area (Å²) in [5, 5.41) is 6.81. The number of carbonyl (C=O) groups excluding carboxylic acids is 1. The number of fused-ring (bicyclic) bond motifs is 1. The molecule has 6 nitrogen and oxygen atoms in total. The molecule has 0 saturated carbocycles. The number of pyridine rings is 1. The van der Waals surface area contributed by atoms with Gasteiger partial charge in [0.1, 0.15) is 12.4 Å². The molecule has 138 valence electrons. The van der Waals surface area contributed by atoms with Crippen LogP contribution < -0.4 is 5.32 Å². The van der Waals surface area contributed by atoms with E-state index in [1.807, 2.05) is 0 Å². The second-order valence-electron chi connectivity index (χ2n) is 6.18. The predicted octanol–water partition coefficient (Wildman–Crippen LogP) is 2.93. The summed E-state index contributed by atoms with van der Waals surface area (Å²) < 4.78 is 39.8. The fraction of sp³-hybridized carbons (Fsp3) is 0.222.